The van der Waals surface area contributed by atoms with Crippen LogP contribution in [0.1, 0.15) is 36.0 Å². The number of para-hydroxylation sites is 1. The molecule has 2 N–H and O–H groups in total. The normalized spacial score (nSPS) is 16.7. The van der Waals surface area contributed by atoms with E-state index in [0.717, 1.165) is 36.4 Å². The molecule has 4 heterocycles. The van der Waals surface area contributed by atoms with Gasteiger partial charge in [-0.05, 0) is 56.8 Å². The highest BCUT2D eigenvalue weighted by Gasteiger charge is 2.24. The first-order valence-corrected chi connectivity index (χ1v) is 12.5. The van der Waals surface area contributed by atoms with Crippen LogP contribution in [0.3, 0.4) is 0 Å². The van der Waals surface area contributed by atoms with Crippen molar-refractivity contribution >= 4 is 49.3 Å². The smallest absolute Gasteiger partial charge is 0.258 e. The number of likely N-dealkylation sites (tertiary alicyclic amines) is 1. The summed E-state index contributed by atoms with van der Waals surface area (Å²) in [5, 5.41) is 6.63. The molecule has 9 heteroatoms. The number of hydrogen-bond acceptors (Lipinski definition) is 7. The van der Waals surface area contributed by atoms with Crippen molar-refractivity contribution in [2.75, 3.05) is 38.0 Å². The summed E-state index contributed by atoms with van der Waals surface area (Å²) in [5.74, 6) is 0.863. The second kappa shape index (κ2) is 8.39. The molecule has 1 saturated heterocycles. The van der Waals surface area contributed by atoms with Crippen molar-refractivity contribution in [1.29, 1.82) is 0 Å². The Morgan fingerprint density at radius 2 is 2.00 bits per heavy atom. The van der Waals surface area contributed by atoms with Crippen LogP contribution in [0.2, 0.25) is 0 Å². The summed E-state index contributed by atoms with van der Waals surface area (Å²) < 4.78 is 2.94. The van der Waals surface area contributed by atoms with Gasteiger partial charge < -0.3 is 15.5 Å². The lowest BCUT2D eigenvalue weighted by Gasteiger charge is -2.15. The van der Waals surface area contributed by atoms with Crippen LogP contribution < -0.4 is 16.1 Å². The van der Waals surface area contributed by atoms with Gasteiger partial charge in [0.25, 0.3) is 5.91 Å². The number of aromatic nitrogens is 3. The summed E-state index contributed by atoms with van der Waals surface area (Å²) in [5.41, 5.74) is 1.33. The van der Waals surface area contributed by atoms with E-state index in [-0.39, 0.29) is 16.9 Å². The van der Waals surface area contributed by atoms with E-state index < -0.39 is 0 Å². The highest BCUT2D eigenvalue weighted by molar-refractivity contribution is 7.24. The Labute approximate surface area is 194 Å². The van der Waals surface area contributed by atoms with Crippen LogP contribution >= 0.6 is 11.3 Å². The number of nitrogens with one attached hydrogen (secondary N) is 2. The van der Waals surface area contributed by atoms with Crippen LogP contribution in [0.4, 0.5) is 5.95 Å². The highest BCUT2D eigenvalue weighted by Crippen LogP contribution is 2.31. The summed E-state index contributed by atoms with van der Waals surface area (Å²) in [6.45, 7) is 4.31. The summed E-state index contributed by atoms with van der Waals surface area (Å²) in [6.07, 6.45) is 6.44. The van der Waals surface area contributed by atoms with Gasteiger partial charge in [-0.2, -0.15) is 4.98 Å². The Bertz CT molecular complexity index is 1420. The second-order valence-electron chi connectivity index (χ2n) is 8.97. The number of nitrogens with zero attached hydrogens (tertiary/aromatic N) is 4. The molecule has 2 fully saturated rings. The van der Waals surface area contributed by atoms with Gasteiger partial charge in [-0.3, -0.25) is 14.0 Å². The molecule has 1 aliphatic heterocycles. The van der Waals surface area contributed by atoms with E-state index in [2.05, 4.69) is 20.5 Å². The van der Waals surface area contributed by atoms with E-state index in [1.165, 1.54) is 37.0 Å². The van der Waals surface area contributed by atoms with Gasteiger partial charge in [-0.1, -0.05) is 12.1 Å². The quantitative estimate of drug-likeness (QED) is 0.439. The number of carbonyl (C=O) groups excluding carboxylic acids is 1. The average Bonchev–Trinajstić information content (AvgIpc) is 3.36. The van der Waals surface area contributed by atoms with Gasteiger partial charge in [-0.15, -0.1) is 11.3 Å². The molecule has 1 aromatic carbocycles. The number of benzene rings is 1. The van der Waals surface area contributed by atoms with Crippen LogP contribution in [-0.4, -0.2) is 57.9 Å². The number of anilines is 1. The van der Waals surface area contributed by atoms with E-state index in [1.807, 2.05) is 28.7 Å². The number of rotatable bonds is 7. The molecular weight excluding hydrogens is 436 g/mol. The number of thiazole rings is 1. The van der Waals surface area contributed by atoms with E-state index in [4.69, 9.17) is 4.98 Å². The molecule has 0 bridgehead atoms. The molecule has 0 radical (unpaired) electrons. The molecule has 1 saturated carbocycles. The number of pyridine rings is 1. The predicted octanol–water partition coefficient (Wildman–Crippen LogP) is 3.10. The standard InChI is InChI=1S/C24H26N6O2S/c31-20-16-14-27-24(26-13-15-7-8-15)28-21(16)30-17-5-1-2-6-18(17)33-23(30)19(20)22(32)25-9-12-29-10-3-4-11-29/h1-2,5-6,14-15H,3-4,7-13H2,(H,25,32)(H,26,27,28). The van der Waals surface area contributed by atoms with Gasteiger partial charge >= 0.3 is 0 Å². The molecule has 8 nitrogen and oxygen atoms in total. The largest absolute Gasteiger partial charge is 0.354 e. The minimum atomic E-state index is -0.332. The SMILES string of the molecule is O=C(NCCN1CCCC1)c1c(=O)c2cnc(NCC3CC3)nc2n2c1sc1ccccc12. The van der Waals surface area contributed by atoms with Crippen LogP contribution in [-0.2, 0) is 0 Å². The molecular formula is C24H26N6O2S. The molecule has 170 valence electrons. The molecule has 4 aromatic rings. The van der Waals surface area contributed by atoms with Gasteiger partial charge in [0.1, 0.15) is 10.4 Å². The highest BCUT2D eigenvalue weighted by atomic mass is 32.1. The van der Waals surface area contributed by atoms with Gasteiger partial charge in [0.05, 0.1) is 15.6 Å². The predicted molar refractivity (Wildman–Crippen MR) is 131 cm³/mol. The van der Waals surface area contributed by atoms with Gasteiger partial charge in [0.15, 0.2) is 5.65 Å². The summed E-state index contributed by atoms with van der Waals surface area (Å²) >= 11 is 1.45. The zero-order valence-electron chi connectivity index (χ0n) is 18.3. The summed E-state index contributed by atoms with van der Waals surface area (Å²) in [6, 6.07) is 7.93. The van der Waals surface area contributed by atoms with Crippen LogP contribution in [0.5, 0.6) is 0 Å². The molecule has 0 unspecified atom stereocenters. The third kappa shape index (κ3) is 3.85. The van der Waals surface area contributed by atoms with E-state index in [9.17, 15) is 9.59 Å². The van der Waals surface area contributed by atoms with Crippen molar-refractivity contribution in [2.45, 2.75) is 25.7 Å². The van der Waals surface area contributed by atoms with Crippen LogP contribution in [0, 0.1) is 5.92 Å². The van der Waals surface area contributed by atoms with Crippen LogP contribution in [0.15, 0.2) is 35.3 Å². The van der Waals surface area contributed by atoms with E-state index in [1.54, 1.807) is 6.20 Å². The van der Waals surface area contributed by atoms with Crippen molar-refractivity contribution in [1.82, 2.24) is 24.6 Å². The minimum Gasteiger partial charge on any atom is -0.354 e. The topological polar surface area (TPSA) is 91.6 Å². The van der Waals surface area contributed by atoms with Gasteiger partial charge in [-0.25, -0.2) is 4.98 Å². The fourth-order valence-electron chi connectivity index (χ4n) is 4.56. The van der Waals surface area contributed by atoms with E-state index in [0.29, 0.717) is 34.3 Å². The van der Waals surface area contributed by atoms with E-state index >= 15 is 0 Å². The lowest BCUT2D eigenvalue weighted by atomic mass is 10.2. The minimum absolute atomic E-state index is 0.174. The maximum Gasteiger partial charge on any atom is 0.258 e. The lowest BCUT2D eigenvalue weighted by Crippen LogP contribution is -2.35. The summed E-state index contributed by atoms with van der Waals surface area (Å²) in [4.78, 5) is 38.8. The molecule has 0 atom stereocenters. The maximum absolute atomic E-state index is 13.5. The molecule has 1 amide bonds. The Hall–Kier alpha value is -3.04. The molecule has 33 heavy (non-hydrogen) atoms. The van der Waals surface area contributed by atoms with Crippen molar-refractivity contribution in [3.63, 3.8) is 0 Å². The average molecular weight is 463 g/mol. The Balaban J connectivity index is 1.44. The molecule has 3 aromatic heterocycles. The van der Waals surface area contributed by atoms with Crippen LogP contribution in [0.25, 0.3) is 26.1 Å². The fourth-order valence-corrected chi connectivity index (χ4v) is 5.74. The van der Waals surface area contributed by atoms with Crippen molar-refractivity contribution in [3.8, 4) is 0 Å². The molecule has 2 aliphatic rings. The fraction of sp³-hybridized carbons (Fsp3) is 0.417. The van der Waals surface area contributed by atoms with Crippen molar-refractivity contribution in [2.24, 2.45) is 5.92 Å². The first kappa shape index (κ1) is 20.6. The monoisotopic (exact) mass is 462 g/mol. The third-order valence-corrected chi connectivity index (χ3v) is 7.71. The Morgan fingerprint density at radius 3 is 2.82 bits per heavy atom. The number of fused-ring (bicyclic) bond motifs is 5. The number of amides is 1. The number of carbonyl (C=O) groups is 1. The second-order valence-corrected chi connectivity index (χ2v) is 10.0. The van der Waals surface area contributed by atoms with Gasteiger partial charge in [0, 0.05) is 25.8 Å². The summed E-state index contributed by atoms with van der Waals surface area (Å²) in [7, 11) is 0. The lowest BCUT2D eigenvalue weighted by molar-refractivity contribution is 0.0950. The maximum atomic E-state index is 13.5. The third-order valence-electron chi connectivity index (χ3n) is 6.57. The molecule has 1 aliphatic carbocycles. The van der Waals surface area contributed by atoms with Crippen molar-refractivity contribution < 1.29 is 4.79 Å². The van der Waals surface area contributed by atoms with Gasteiger partial charge in [0.2, 0.25) is 11.4 Å². The Morgan fingerprint density at radius 1 is 1.18 bits per heavy atom. The molecule has 0 spiro atoms. The number of hydrogen-bond donors (Lipinski definition) is 2. The zero-order valence-corrected chi connectivity index (χ0v) is 19.2. The zero-order chi connectivity index (χ0) is 22.4. The first-order valence-electron chi connectivity index (χ1n) is 11.7. The Kier molecular flexibility index (Phi) is 5.22. The van der Waals surface area contributed by atoms with Crippen molar-refractivity contribution in [3.05, 3.63) is 46.2 Å². The first-order chi connectivity index (χ1) is 16.2. The molecule has 6 rings (SSSR count).